The fourth-order valence-electron chi connectivity index (χ4n) is 1.71. The maximum atomic E-state index is 15.0. The number of amides is 1. The van der Waals surface area contributed by atoms with E-state index in [0.29, 0.717) is 0 Å². The number of nitrogens with two attached hydrogens (primary N) is 1. The van der Waals surface area contributed by atoms with Crippen LogP contribution in [0, 0.1) is 10.1 Å². The largest absolute Gasteiger partial charge is 0.366 e. The highest BCUT2D eigenvalue weighted by molar-refractivity contribution is 7.10. The van der Waals surface area contributed by atoms with E-state index >= 15 is 0 Å². The molecule has 0 fully saturated rings. The molecule has 1 amide bonds. The zero-order valence-corrected chi connectivity index (χ0v) is 10.4. The molecule has 2 N–H and O–H groups in total. The highest BCUT2D eigenvalue weighted by Gasteiger charge is 2.42. The lowest BCUT2D eigenvalue weighted by Crippen LogP contribution is -2.37. The van der Waals surface area contributed by atoms with E-state index in [1.54, 1.807) is 11.4 Å². The molecule has 0 aliphatic rings. The van der Waals surface area contributed by atoms with Gasteiger partial charge >= 0.3 is 0 Å². The third-order valence-corrected chi connectivity index (χ3v) is 3.62. The summed E-state index contributed by atoms with van der Waals surface area (Å²) in [5, 5.41) is 12.3. The van der Waals surface area contributed by atoms with E-state index in [4.69, 9.17) is 5.73 Å². The van der Waals surface area contributed by atoms with Crippen LogP contribution >= 0.6 is 11.3 Å². The molecule has 1 aromatic carbocycles. The van der Waals surface area contributed by atoms with Crippen LogP contribution in [0.4, 0.5) is 10.1 Å². The molecule has 2 aromatic rings. The van der Waals surface area contributed by atoms with Gasteiger partial charge in [-0.05, 0) is 11.4 Å². The van der Waals surface area contributed by atoms with Gasteiger partial charge in [-0.25, -0.2) is 4.39 Å². The number of rotatable bonds is 4. The highest BCUT2D eigenvalue weighted by Crippen LogP contribution is 2.37. The molecule has 0 aliphatic carbocycles. The Bertz CT molecular complexity index is 630. The molecule has 7 heteroatoms. The summed E-state index contributed by atoms with van der Waals surface area (Å²) >= 11 is 1.02. The number of nitrogens with zero attached hydrogens (tertiary/aromatic N) is 1. The number of nitro benzene ring substituents is 1. The van der Waals surface area contributed by atoms with Gasteiger partial charge in [0, 0.05) is 17.7 Å². The number of alkyl halides is 1. The Labute approximate surface area is 111 Å². The van der Waals surface area contributed by atoms with Crippen molar-refractivity contribution in [3.8, 4) is 0 Å². The molecule has 0 bridgehead atoms. The lowest BCUT2D eigenvalue weighted by atomic mass is 9.93. The second-order valence-corrected chi connectivity index (χ2v) is 4.76. The predicted molar refractivity (Wildman–Crippen MR) is 68.5 cm³/mol. The van der Waals surface area contributed by atoms with Crippen molar-refractivity contribution in [2.24, 2.45) is 5.73 Å². The van der Waals surface area contributed by atoms with Crippen molar-refractivity contribution in [1.29, 1.82) is 0 Å². The quantitative estimate of drug-likeness (QED) is 0.689. The lowest BCUT2D eigenvalue weighted by Gasteiger charge is -2.20. The van der Waals surface area contributed by atoms with Gasteiger partial charge in [0.15, 0.2) is 0 Å². The van der Waals surface area contributed by atoms with Crippen LogP contribution in [-0.2, 0) is 10.5 Å². The van der Waals surface area contributed by atoms with E-state index in [1.807, 2.05) is 0 Å². The van der Waals surface area contributed by atoms with Gasteiger partial charge in [0.1, 0.15) is 0 Å². The molecule has 0 saturated carbocycles. The van der Waals surface area contributed by atoms with E-state index in [9.17, 15) is 19.3 Å². The molecule has 0 aliphatic heterocycles. The minimum Gasteiger partial charge on any atom is -0.366 e. The van der Waals surface area contributed by atoms with Crippen LogP contribution in [0.2, 0.25) is 0 Å². The summed E-state index contributed by atoms with van der Waals surface area (Å²) < 4.78 is 15.0. The first kappa shape index (κ1) is 13.2. The Morgan fingerprint density at radius 1 is 1.37 bits per heavy atom. The fourth-order valence-corrected chi connectivity index (χ4v) is 2.56. The number of thiophene rings is 1. The Hall–Kier alpha value is -2.28. The maximum absolute atomic E-state index is 15.0. The van der Waals surface area contributed by atoms with E-state index < -0.39 is 16.5 Å². The third kappa shape index (κ3) is 2.19. The van der Waals surface area contributed by atoms with Crippen LogP contribution in [0.15, 0.2) is 41.8 Å². The Kier molecular flexibility index (Phi) is 3.30. The van der Waals surface area contributed by atoms with Gasteiger partial charge in [-0.15, -0.1) is 11.3 Å². The van der Waals surface area contributed by atoms with Gasteiger partial charge in [0.05, 0.1) is 9.80 Å². The monoisotopic (exact) mass is 280 g/mol. The van der Waals surface area contributed by atoms with Gasteiger partial charge in [0.25, 0.3) is 11.6 Å². The normalized spacial score (nSPS) is 13.7. The third-order valence-electron chi connectivity index (χ3n) is 2.65. The minimum atomic E-state index is -2.56. The predicted octanol–water partition coefficient (Wildman–Crippen LogP) is 2.35. The van der Waals surface area contributed by atoms with Crippen molar-refractivity contribution in [3.05, 3.63) is 62.3 Å². The number of carbonyl (C=O) groups is 1. The SMILES string of the molecule is NC(=O)C(F)(c1cccc([N+](=O)[O-])c1)c1cccs1. The molecule has 19 heavy (non-hydrogen) atoms. The summed E-state index contributed by atoms with van der Waals surface area (Å²) in [5.74, 6) is -1.20. The molecule has 1 unspecified atom stereocenters. The zero-order chi connectivity index (χ0) is 14.0. The average molecular weight is 280 g/mol. The van der Waals surface area contributed by atoms with E-state index in [2.05, 4.69) is 0 Å². The summed E-state index contributed by atoms with van der Waals surface area (Å²) in [7, 11) is 0. The molecule has 0 radical (unpaired) electrons. The molecular weight excluding hydrogens is 271 g/mol. The topological polar surface area (TPSA) is 86.2 Å². The van der Waals surface area contributed by atoms with Crippen LogP contribution in [0.5, 0.6) is 0 Å². The number of hydrogen-bond acceptors (Lipinski definition) is 4. The fraction of sp³-hybridized carbons (Fsp3) is 0.0833. The first-order valence-corrected chi connectivity index (χ1v) is 6.12. The minimum absolute atomic E-state index is 0.0977. The highest BCUT2D eigenvalue weighted by atomic mass is 32.1. The summed E-state index contributed by atoms with van der Waals surface area (Å²) in [6.45, 7) is 0. The van der Waals surface area contributed by atoms with E-state index in [-0.39, 0.29) is 16.1 Å². The van der Waals surface area contributed by atoms with Crippen LogP contribution in [0.1, 0.15) is 10.4 Å². The average Bonchev–Trinajstić information content (AvgIpc) is 2.91. The van der Waals surface area contributed by atoms with Crippen LogP contribution in [0.3, 0.4) is 0 Å². The summed E-state index contributed by atoms with van der Waals surface area (Å²) in [5.41, 5.74) is 2.15. The van der Waals surface area contributed by atoms with Crippen LogP contribution in [-0.4, -0.2) is 10.8 Å². The van der Waals surface area contributed by atoms with Gasteiger partial charge < -0.3 is 5.73 Å². The molecule has 98 valence electrons. The molecule has 2 rings (SSSR count). The molecule has 1 aromatic heterocycles. The summed E-state index contributed by atoms with van der Waals surface area (Å²) in [6, 6.07) is 7.86. The Balaban J connectivity index is 2.61. The Morgan fingerprint density at radius 3 is 2.63 bits per heavy atom. The van der Waals surface area contributed by atoms with Crippen LogP contribution < -0.4 is 5.73 Å². The van der Waals surface area contributed by atoms with Crippen molar-refractivity contribution >= 4 is 22.9 Å². The number of nitro groups is 1. The van der Waals surface area contributed by atoms with Crippen molar-refractivity contribution in [1.82, 2.24) is 0 Å². The molecule has 5 nitrogen and oxygen atoms in total. The number of carbonyl (C=O) groups excluding carboxylic acids is 1. The smallest absolute Gasteiger partial charge is 0.269 e. The van der Waals surface area contributed by atoms with Gasteiger partial charge in [-0.3, -0.25) is 14.9 Å². The number of halogens is 1. The number of benzene rings is 1. The van der Waals surface area contributed by atoms with E-state index in [1.165, 1.54) is 24.3 Å². The first-order chi connectivity index (χ1) is 8.96. The van der Waals surface area contributed by atoms with Gasteiger partial charge in [0.2, 0.25) is 5.67 Å². The molecule has 1 heterocycles. The van der Waals surface area contributed by atoms with Crippen molar-refractivity contribution in [2.45, 2.75) is 5.67 Å². The van der Waals surface area contributed by atoms with Crippen molar-refractivity contribution in [2.75, 3.05) is 0 Å². The van der Waals surface area contributed by atoms with Crippen molar-refractivity contribution < 1.29 is 14.1 Å². The summed E-state index contributed by atoms with van der Waals surface area (Å²) in [6.07, 6.45) is 0. The molecule has 0 saturated heterocycles. The Morgan fingerprint density at radius 2 is 2.11 bits per heavy atom. The van der Waals surface area contributed by atoms with E-state index in [0.717, 1.165) is 17.4 Å². The van der Waals surface area contributed by atoms with Gasteiger partial charge in [-0.1, -0.05) is 18.2 Å². The molecule has 1 atom stereocenters. The number of non-ortho nitro benzene ring substituents is 1. The van der Waals surface area contributed by atoms with Crippen LogP contribution in [0.25, 0.3) is 0 Å². The molecular formula is C12H9FN2O3S. The van der Waals surface area contributed by atoms with Gasteiger partial charge in [-0.2, -0.15) is 0 Å². The summed E-state index contributed by atoms with van der Waals surface area (Å²) in [4.78, 5) is 21.6. The number of primary amides is 1. The lowest BCUT2D eigenvalue weighted by molar-refractivity contribution is -0.385. The standard InChI is InChI=1S/C12H9FN2O3S/c13-12(11(14)16,10-5-2-6-19-10)8-3-1-4-9(7-8)15(17)18/h1-7H,(H2,14,16). The second kappa shape index (κ2) is 4.77. The first-order valence-electron chi connectivity index (χ1n) is 5.24. The maximum Gasteiger partial charge on any atom is 0.269 e. The zero-order valence-electron chi connectivity index (χ0n) is 9.58. The second-order valence-electron chi connectivity index (χ2n) is 3.81. The molecule has 0 spiro atoms. The van der Waals surface area contributed by atoms with Crippen molar-refractivity contribution in [3.63, 3.8) is 0 Å². The number of hydrogen-bond donors (Lipinski definition) is 1.